The highest BCUT2D eigenvalue weighted by Crippen LogP contribution is 1.96. The molecule has 0 aromatic carbocycles. The standard InChI is InChI=1S/C6H10O4.2C3H6/c7-5(8)3-1-2-4-6(9)10;2*1-3-2/h1-4H2,(H,7,8)(H,9,10);2*3H,1H2,2H3/p-2. The van der Waals surface area contributed by atoms with Crippen molar-refractivity contribution < 1.29 is 19.8 Å². The highest BCUT2D eigenvalue weighted by molar-refractivity contribution is 5.65. The molecule has 0 fully saturated rings. The summed E-state index contributed by atoms with van der Waals surface area (Å²) < 4.78 is 0. The highest BCUT2D eigenvalue weighted by Gasteiger charge is 1.89. The van der Waals surface area contributed by atoms with Crippen molar-refractivity contribution >= 4 is 11.9 Å². The van der Waals surface area contributed by atoms with Gasteiger partial charge in [-0.2, -0.15) is 0 Å². The van der Waals surface area contributed by atoms with E-state index in [1.54, 1.807) is 12.2 Å². The minimum Gasteiger partial charge on any atom is -0.550 e. The predicted octanol–water partition coefficient (Wildman–Crippen LogP) is 0.431. The lowest BCUT2D eigenvalue weighted by atomic mass is 10.2. The molecule has 0 aromatic rings. The van der Waals surface area contributed by atoms with Crippen LogP contribution in [0.3, 0.4) is 0 Å². The Labute approximate surface area is 97.3 Å². The summed E-state index contributed by atoms with van der Waals surface area (Å²) in [5, 5.41) is 19.5. The van der Waals surface area contributed by atoms with Crippen LogP contribution in [-0.2, 0) is 9.59 Å². The van der Waals surface area contributed by atoms with Gasteiger partial charge < -0.3 is 19.8 Å². The predicted molar refractivity (Wildman–Crippen MR) is 60.2 cm³/mol. The molecule has 0 spiro atoms. The van der Waals surface area contributed by atoms with Crippen LogP contribution >= 0.6 is 0 Å². The van der Waals surface area contributed by atoms with Crippen molar-refractivity contribution in [2.75, 3.05) is 0 Å². The van der Waals surface area contributed by atoms with Crippen LogP contribution in [0.15, 0.2) is 25.3 Å². The third kappa shape index (κ3) is 55.1. The summed E-state index contributed by atoms with van der Waals surface area (Å²) in [6.07, 6.45) is 4.03. The van der Waals surface area contributed by atoms with E-state index in [0.717, 1.165) is 0 Å². The van der Waals surface area contributed by atoms with Crippen molar-refractivity contribution in [3.8, 4) is 0 Å². The number of unbranched alkanes of at least 4 members (excludes halogenated alkanes) is 1. The maximum Gasteiger partial charge on any atom is 0.0414 e. The van der Waals surface area contributed by atoms with Gasteiger partial charge in [0.2, 0.25) is 0 Å². The normalized spacial score (nSPS) is 7.38. The van der Waals surface area contributed by atoms with E-state index in [2.05, 4.69) is 13.2 Å². The molecule has 0 saturated heterocycles. The van der Waals surface area contributed by atoms with E-state index in [4.69, 9.17) is 0 Å². The first-order chi connectivity index (χ1) is 7.45. The van der Waals surface area contributed by atoms with Crippen LogP contribution in [0.2, 0.25) is 0 Å². The van der Waals surface area contributed by atoms with Crippen molar-refractivity contribution in [3.05, 3.63) is 25.3 Å². The average Bonchev–Trinajstić information content (AvgIpc) is 2.14. The van der Waals surface area contributed by atoms with Gasteiger partial charge in [0.1, 0.15) is 0 Å². The van der Waals surface area contributed by atoms with Gasteiger partial charge in [-0.1, -0.05) is 12.2 Å². The number of carboxylic acids is 2. The number of carbonyl (C=O) groups excluding carboxylic acids is 2. The van der Waals surface area contributed by atoms with E-state index in [1.165, 1.54) is 0 Å². The Morgan fingerprint density at radius 1 is 0.938 bits per heavy atom. The van der Waals surface area contributed by atoms with Gasteiger partial charge in [-0.15, -0.1) is 13.2 Å². The molecule has 0 atom stereocenters. The van der Waals surface area contributed by atoms with E-state index >= 15 is 0 Å². The van der Waals surface area contributed by atoms with Crippen LogP contribution in [0.25, 0.3) is 0 Å². The molecule has 0 unspecified atom stereocenters. The number of carbonyl (C=O) groups is 2. The molecule has 0 aliphatic heterocycles. The molecule has 0 amide bonds. The first-order valence-electron chi connectivity index (χ1n) is 4.99. The zero-order valence-electron chi connectivity index (χ0n) is 10.0. The number of allylic oxidation sites excluding steroid dienone is 2. The van der Waals surface area contributed by atoms with Crippen molar-refractivity contribution in [1.82, 2.24) is 0 Å². The molecule has 4 heteroatoms. The summed E-state index contributed by atoms with van der Waals surface area (Å²) in [5.41, 5.74) is 0. The van der Waals surface area contributed by atoms with E-state index < -0.39 is 11.9 Å². The molecule has 0 rings (SSSR count). The molecule has 0 heterocycles. The minimum absolute atomic E-state index is 0.0761. The Bertz CT molecular complexity index is 175. The molecule has 0 aromatic heterocycles. The molecule has 0 bridgehead atoms. The Morgan fingerprint density at radius 2 is 1.12 bits per heavy atom. The molecule has 16 heavy (non-hydrogen) atoms. The zero-order valence-corrected chi connectivity index (χ0v) is 10.0. The lowest BCUT2D eigenvalue weighted by molar-refractivity contribution is -0.308. The van der Waals surface area contributed by atoms with Crippen LogP contribution in [-0.4, -0.2) is 11.9 Å². The molecular formula is C12H20O4-2. The van der Waals surface area contributed by atoms with E-state index in [0.29, 0.717) is 12.8 Å². The van der Waals surface area contributed by atoms with E-state index in [9.17, 15) is 19.8 Å². The molecule has 0 saturated carbocycles. The lowest BCUT2D eigenvalue weighted by Crippen LogP contribution is -2.23. The summed E-state index contributed by atoms with van der Waals surface area (Å²) in [7, 11) is 0. The second-order valence-corrected chi connectivity index (χ2v) is 2.77. The molecular weight excluding hydrogens is 208 g/mol. The van der Waals surface area contributed by atoms with Gasteiger partial charge in [0, 0.05) is 11.9 Å². The van der Waals surface area contributed by atoms with Crippen molar-refractivity contribution in [2.24, 2.45) is 0 Å². The van der Waals surface area contributed by atoms with E-state index in [-0.39, 0.29) is 12.8 Å². The average molecular weight is 228 g/mol. The first kappa shape index (κ1) is 19.9. The fourth-order valence-electron chi connectivity index (χ4n) is 0.539. The van der Waals surface area contributed by atoms with Gasteiger partial charge in [-0.3, -0.25) is 0 Å². The summed E-state index contributed by atoms with van der Waals surface area (Å²) in [6, 6.07) is 0. The van der Waals surface area contributed by atoms with Crippen LogP contribution in [0.4, 0.5) is 0 Å². The molecule has 4 nitrogen and oxygen atoms in total. The molecule has 0 aliphatic rings. The Balaban J connectivity index is -0.000000235. The minimum atomic E-state index is -1.14. The second-order valence-electron chi connectivity index (χ2n) is 2.77. The van der Waals surface area contributed by atoms with Crippen LogP contribution < -0.4 is 10.2 Å². The monoisotopic (exact) mass is 228 g/mol. The second kappa shape index (κ2) is 19.1. The van der Waals surface area contributed by atoms with Crippen LogP contribution in [0.1, 0.15) is 39.5 Å². The van der Waals surface area contributed by atoms with Crippen molar-refractivity contribution in [1.29, 1.82) is 0 Å². The Morgan fingerprint density at radius 3 is 1.25 bits per heavy atom. The van der Waals surface area contributed by atoms with Gasteiger partial charge in [-0.05, 0) is 39.5 Å². The molecule has 0 aliphatic carbocycles. The van der Waals surface area contributed by atoms with Gasteiger partial charge >= 0.3 is 0 Å². The third-order valence-electron chi connectivity index (χ3n) is 1.01. The third-order valence-corrected chi connectivity index (χ3v) is 1.01. The number of carboxylic acid groups (broad SMARTS) is 2. The largest absolute Gasteiger partial charge is 0.550 e. The fraction of sp³-hybridized carbons (Fsp3) is 0.500. The van der Waals surface area contributed by atoms with Gasteiger partial charge in [0.25, 0.3) is 0 Å². The van der Waals surface area contributed by atoms with Crippen molar-refractivity contribution in [3.63, 3.8) is 0 Å². The smallest absolute Gasteiger partial charge is 0.0414 e. The fourth-order valence-corrected chi connectivity index (χ4v) is 0.539. The zero-order chi connectivity index (χ0) is 13.4. The number of aliphatic carboxylic acids is 2. The summed E-state index contributed by atoms with van der Waals surface area (Å²) >= 11 is 0. The van der Waals surface area contributed by atoms with Crippen LogP contribution in [0.5, 0.6) is 0 Å². The first-order valence-corrected chi connectivity index (χ1v) is 4.99. The topological polar surface area (TPSA) is 80.3 Å². The molecule has 0 N–H and O–H groups in total. The summed E-state index contributed by atoms with van der Waals surface area (Å²) in [5.74, 6) is -2.28. The maximum atomic E-state index is 9.77. The molecule has 94 valence electrons. The highest BCUT2D eigenvalue weighted by atomic mass is 16.4. The Kier molecular flexibility index (Phi) is 23.7. The van der Waals surface area contributed by atoms with E-state index in [1.807, 2.05) is 13.8 Å². The lowest BCUT2D eigenvalue weighted by Gasteiger charge is -2.01. The van der Waals surface area contributed by atoms with Gasteiger partial charge in [0.05, 0.1) is 0 Å². The van der Waals surface area contributed by atoms with Crippen molar-refractivity contribution in [2.45, 2.75) is 39.5 Å². The number of hydrogen-bond donors (Lipinski definition) is 0. The number of rotatable bonds is 5. The molecule has 0 radical (unpaired) electrons. The van der Waals surface area contributed by atoms with Gasteiger partial charge in [0.15, 0.2) is 0 Å². The Hall–Kier alpha value is -1.58. The summed E-state index contributed by atoms with van der Waals surface area (Å²) in [4.78, 5) is 19.5. The quantitative estimate of drug-likeness (QED) is 0.505. The summed E-state index contributed by atoms with van der Waals surface area (Å²) in [6.45, 7) is 10.5. The number of hydrogen-bond acceptors (Lipinski definition) is 4. The maximum absolute atomic E-state index is 9.77. The van der Waals surface area contributed by atoms with Gasteiger partial charge in [-0.25, -0.2) is 0 Å². The van der Waals surface area contributed by atoms with Crippen LogP contribution in [0, 0.1) is 0 Å². The SMILES string of the molecule is C=CC.C=CC.O=C([O-])CCCCC(=O)[O-].